The number of fused-ring (bicyclic) bond motifs is 1. The molecule has 0 atom stereocenters. The van der Waals surface area contributed by atoms with Crippen LogP contribution in [0, 0.1) is 0 Å². The van der Waals surface area contributed by atoms with Gasteiger partial charge in [-0.15, -0.1) is 0 Å². The van der Waals surface area contributed by atoms with E-state index in [4.69, 9.17) is 0 Å². The number of imide groups is 1. The molecule has 6 heteroatoms. The minimum Gasteiger partial charge on any atom is -0.340 e. The van der Waals surface area contributed by atoms with Crippen LogP contribution in [0.2, 0.25) is 0 Å². The molecular formula is C14H10BrN3O2. The first-order chi connectivity index (χ1) is 9.56. The maximum Gasteiger partial charge on any atom is 0.261 e. The highest BCUT2D eigenvalue weighted by atomic mass is 79.9. The number of amides is 2. The van der Waals surface area contributed by atoms with E-state index < -0.39 is 0 Å². The maximum atomic E-state index is 11.9. The zero-order valence-electron chi connectivity index (χ0n) is 10.6. The fourth-order valence-electron chi connectivity index (χ4n) is 2.04. The summed E-state index contributed by atoms with van der Waals surface area (Å²) >= 11 is 3.31. The van der Waals surface area contributed by atoms with Crippen molar-refractivity contribution in [3.8, 4) is 0 Å². The fourth-order valence-corrected chi connectivity index (χ4v) is 2.27. The van der Waals surface area contributed by atoms with Gasteiger partial charge in [-0.2, -0.15) is 0 Å². The van der Waals surface area contributed by atoms with Gasteiger partial charge in [0.05, 0.1) is 11.1 Å². The molecule has 1 aliphatic rings. The second-order valence-corrected chi connectivity index (χ2v) is 5.33. The van der Waals surface area contributed by atoms with E-state index >= 15 is 0 Å². The van der Waals surface area contributed by atoms with Gasteiger partial charge in [-0.05, 0) is 46.3 Å². The maximum absolute atomic E-state index is 11.9. The van der Waals surface area contributed by atoms with Crippen LogP contribution in [0.25, 0.3) is 0 Å². The van der Waals surface area contributed by atoms with Gasteiger partial charge in [-0.25, -0.2) is 4.98 Å². The minimum absolute atomic E-state index is 0.265. The molecule has 2 aromatic rings. The number of pyridine rings is 1. The molecule has 1 aliphatic heterocycles. The van der Waals surface area contributed by atoms with Crippen LogP contribution >= 0.6 is 15.9 Å². The van der Waals surface area contributed by atoms with Crippen LogP contribution in [0.3, 0.4) is 0 Å². The van der Waals surface area contributed by atoms with E-state index in [1.807, 2.05) is 12.1 Å². The number of nitrogens with one attached hydrogen (secondary N) is 1. The van der Waals surface area contributed by atoms with Gasteiger partial charge in [0, 0.05) is 23.4 Å². The molecule has 0 saturated heterocycles. The Labute approximate surface area is 123 Å². The molecule has 0 radical (unpaired) electrons. The molecular weight excluding hydrogens is 322 g/mol. The summed E-state index contributed by atoms with van der Waals surface area (Å²) in [6.07, 6.45) is 1.68. The summed E-state index contributed by atoms with van der Waals surface area (Å²) in [5.41, 5.74) is 1.57. The van der Waals surface area contributed by atoms with Crippen molar-refractivity contribution in [3.05, 3.63) is 52.1 Å². The molecule has 1 aromatic heterocycles. The number of nitrogens with zero attached hydrogens (tertiary/aromatic N) is 2. The topological polar surface area (TPSA) is 62.3 Å². The third-order valence-corrected chi connectivity index (χ3v) is 3.56. The van der Waals surface area contributed by atoms with Gasteiger partial charge in [-0.1, -0.05) is 0 Å². The molecule has 0 spiro atoms. The van der Waals surface area contributed by atoms with Crippen molar-refractivity contribution in [1.29, 1.82) is 0 Å². The summed E-state index contributed by atoms with van der Waals surface area (Å²) < 4.78 is 0.888. The first-order valence-corrected chi connectivity index (χ1v) is 6.70. The average molecular weight is 332 g/mol. The SMILES string of the molecule is CN1C(=O)c2ccc(Nc3ccc(Br)cn3)cc2C1=O. The Bertz CT molecular complexity index is 713. The molecule has 2 amide bonds. The third-order valence-electron chi connectivity index (χ3n) is 3.09. The van der Waals surface area contributed by atoms with Gasteiger partial charge >= 0.3 is 0 Å². The average Bonchev–Trinajstić information content (AvgIpc) is 2.66. The Hall–Kier alpha value is -2.21. The van der Waals surface area contributed by atoms with Crippen molar-refractivity contribution < 1.29 is 9.59 Å². The van der Waals surface area contributed by atoms with Gasteiger partial charge in [0.15, 0.2) is 0 Å². The Kier molecular flexibility index (Phi) is 3.02. The van der Waals surface area contributed by atoms with Crippen molar-refractivity contribution in [2.75, 3.05) is 12.4 Å². The van der Waals surface area contributed by atoms with Crippen molar-refractivity contribution in [2.24, 2.45) is 0 Å². The normalized spacial score (nSPS) is 13.6. The van der Waals surface area contributed by atoms with E-state index in [1.165, 1.54) is 7.05 Å². The monoisotopic (exact) mass is 331 g/mol. The fraction of sp³-hybridized carbons (Fsp3) is 0.0714. The number of rotatable bonds is 2. The Morgan fingerprint density at radius 2 is 1.85 bits per heavy atom. The Morgan fingerprint density at radius 1 is 1.10 bits per heavy atom. The minimum atomic E-state index is -0.280. The molecule has 20 heavy (non-hydrogen) atoms. The smallest absolute Gasteiger partial charge is 0.261 e. The van der Waals surface area contributed by atoms with Gasteiger partial charge in [0.2, 0.25) is 0 Å². The Morgan fingerprint density at radius 3 is 2.55 bits per heavy atom. The second-order valence-electron chi connectivity index (χ2n) is 4.42. The molecule has 0 bridgehead atoms. The highest BCUT2D eigenvalue weighted by molar-refractivity contribution is 9.10. The lowest BCUT2D eigenvalue weighted by atomic mass is 10.1. The summed E-state index contributed by atoms with van der Waals surface area (Å²) in [4.78, 5) is 29.0. The van der Waals surface area contributed by atoms with Crippen LogP contribution in [-0.2, 0) is 0 Å². The number of carbonyl (C=O) groups is 2. The first-order valence-electron chi connectivity index (χ1n) is 5.91. The van der Waals surface area contributed by atoms with Crippen LogP contribution in [0.1, 0.15) is 20.7 Å². The largest absolute Gasteiger partial charge is 0.340 e. The first kappa shape index (κ1) is 12.8. The molecule has 1 N–H and O–H groups in total. The Balaban J connectivity index is 1.92. The zero-order chi connectivity index (χ0) is 14.3. The van der Waals surface area contributed by atoms with Gasteiger partial charge < -0.3 is 5.32 Å². The summed E-state index contributed by atoms with van der Waals surface area (Å²) in [6.45, 7) is 0. The summed E-state index contributed by atoms with van der Waals surface area (Å²) in [5.74, 6) is 0.119. The molecule has 3 rings (SSSR count). The quantitative estimate of drug-likeness (QED) is 0.859. The van der Waals surface area contributed by atoms with Gasteiger partial charge in [0.1, 0.15) is 5.82 Å². The number of aromatic nitrogens is 1. The van der Waals surface area contributed by atoms with E-state index in [9.17, 15) is 9.59 Å². The molecule has 5 nitrogen and oxygen atoms in total. The predicted octanol–water partition coefficient (Wildman–Crippen LogP) is 2.81. The van der Waals surface area contributed by atoms with E-state index in [0.717, 1.165) is 15.1 Å². The number of hydrogen-bond donors (Lipinski definition) is 1. The van der Waals surface area contributed by atoms with Crippen molar-refractivity contribution in [2.45, 2.75) is 0 Å². The van der Waals surface area contributed by atoms with Crippen LogP contribution in [-0.4, -0.2) is 28.7 Å². The van der Waals surface area contributed by atoms with E-state index in [1.54, 1.807) is 24.4 Å². The standard InChI is InChI=1S/C14H10BrN3O2/c1-18-13(19)10-4-3-9(6-11(10)14(18)20)17-12-5-2-8(15)7-16-12/h2-7H,1H3,(H,16,17). The molecule has 0 fully saturated rings. The lowest BCUT2D eigenvalue weighted by molar-refractivity contribution is 0.0693. The van der Waals surface area contributed by atoms with Gasteiger partial charge in [0.25, 0.3) is 11.8 Å². The van der Waals surface area contributed by atoms with E-state index in [-0.39, 0.29) is 11.8 Å². The molecule has 0 saturated carbocycles. The lowest BCUT2D eigenvalue weighted by Gasteiger charge is -2.06. The van der Waals surface area contributed by atoms with Crippen LogP contribution in [0.5, 0.6) is 0 Å². The lowest BCUT2D eigenvalue weighted by Crippen LogP contribution is -2.24. The molecule has 0 unspecified atom stereocenters. The predicted molar refractivity (Wildman–Crippen MR) is 78.1 cm³/mol. The zero-order valence-corrected chi connectivity index (χ0v) is 12.1. The molecule has 100 valence electrons. The highest BCUT2D eigenvalue weighted by Crippen LogP contribution is 2.26. The number of anilines is 2. The summed E-state index contributed by atoms with van der Waals surface area (Å²) in [7, 11) is 1.48. The number of carbonyl (C=O) groups excluding carboxylic acids is 2. The van der Waals surface area contributed by atoms with Crippen LogP contribution in [0.4, 0.5) is 11.5 Å². The van der Waals surface area contributed by atoms with Crippen LogP contribution in [0.15, 0.2) is 41.0 Å². The summed E-state index contributed by atoms with van der Waals surface area (Å²) in [6, 6.07) is 8.76. The molecule has 0 aliphatic carbocycles. The van der Waals surface area contributed by atoms with Crippen molar-refractivity contribution in [3.63, 3.8) is 0 Å². The number of halogens is 1. The number of hydrogen-bond acceptors (Lipinski definition) is 4. The second kappa shape index (κ2) is 4.72. The number of benzene rings is 1. The van der Waals surface area contributed by atoms with Crippen molar-refractivity contribution >= 4 is 39.2 Å². The third kappa shape index (κ3) is 2.08. The molecule has 2 heterocycles. The van der Waals surface area contributed by atoms with Crippen molar-refractivity contribution in [1.82, 2.24) is 9.88 Å². The molecule has 1 aromatic carbocycles. The summed E-state index contributed by atoms with van der Waals surface area (Å²) in [5, 5.41) is 3.10. The van der Waals surface area contributed by atoms with E-state index in [2.05, 4.69) is 26.2 Å². The highest BCUT2D eigenvalue weighted by Gasteiger charge is 2.32. The van der Waals surface area contributed by atoms with Crippen LogP contribution < -0.4 is 5.32 Å². The van der Waals surface area contributed by atoms with Gasteiger partial charge in [-0.3, -0.25) is 14.5 Å². The van der Waals surface area contributed by atoms with E-state index in [0.29, 0.717) is 16.9 Å².